The van der Waals surface area contributed by atoms with Gasteiger partial charge in [-0.25, -0.2) is 9.78 Å². The molecule has 4 aromatic rings. The van der Waals surface area contributed by atoms with Gasteiger partial charge in [-0.2, -0.15) is 0 Å². The normalized spacial score (nSPS) is 10.9. The van der Waals surface area contributed by atoms with Crippen molar-refractivity contribution in [2.24, 2.45) is 0 Å². The summed E-state index contributed by atoms with van der Waals surface area (Å²) < 4.78 is 13.3. The second-order valence-corrected chi connectivity index (χ2v) is 7.36. The highest BCUT2D eigenvalue weighted by molar-refractivity contribution is 5.97. The number of nitrogens with zero attached hydrogens (tertiary/aromatic N) is 2. The third-order valence-corrected chi connectivity index (χ3v) is 5.34. The van der Waals surface area contributed by atoms with E-state index in [2.05, 4.69) is 6.92 Å². The minimum atomic E-state index is -0.363. The zero-order valence-electron chi connectivity index (χ0n) is 17.9. The molecule has 31 heavy (non-hydrogen) atoms. The lowest BCUT2D eigenvalue weighted by molar-refractivity contribution is 0.0374. The molecule has 0 saturated carbocycles. The number of fused-ring (bicyclic) bond motifs is 1. The summed E-state index contributed by atoms with van der Waals surface area (Å²) in [6.45, 7) is 2.23. The van der Waals surface area contributed by atoms with Crippen LogP contribution < -0.4 is 4.74 Å². The molecule has 5 nitrogen and oxygen atoms in total. The minimum absolute atomic E-state index is 0.0812. The molecule has 0 aliphatic rings. The largest absolute Gasteiger partial charge is 0.494 e. The Morgan fingerprint density at radius 2 is 1.74 bits per heavy atom. The van der Waals surface area contributed by atoms with Crippen LogP contribution in [0.1, 0.15) is 35.9 Å². The molecule has 0 saturated heterocycles. The fourth-order valence-electron chi connectivity index (χ4n) is 3.76. The van der Waals surface area contributed by atoms with Crippen LogP contribution in [0.3, 0.4) is 0 Å². The van der Waals surface area contributed by atoms with Crippen molar-refractivity contribution < 1.29 is 14.3 Å². The molecule has 0 N–H and O–H groups in total. The number of rotatable bonds is 8. The van der Waals surface area contributed by atoms with Crippen molar-refractivity contribution in [1.82, 2.24) is 9.55 Å². The van der Waals surface area contributed by atoms with Gasteiger partial charge >= 0.3 is 5.97 Å². The highest BCUT2D eigenvalue weighted by Crippen LogP contribution is 2.28. The number of imidazole rings is 1. The smallest absolute Gasteiger partial charge is 0.340 e. The van der Waals surface area contributed by atoms with Crippen LogP contribution in [0.4, 0.5) is 0 Å². The first-order chi connectivity index (χ1) is 15.2. The van der Waals surface area contributed by atoms with Crippen LogP contribution in [0.15, 0.2) is 72.8 Å². The molecular weight excluding hydrogens is 388 g/mol. The molecular formula is C26H26N2O3. The molecule has 0 atom stereocenters. The van der Waals surface area contributed by atoms with Gasteiger partial charge in [0, 0.05) is 6.42 Å². The van der Waals surface area contributed by atoms with Crippen molar-refractivity contribution in [1.29, 1.82) is 0 Å². The molecule has 158 valence electrons. The van der Waals surface area contributed by atoms with Crippen LogP contribution in [-0.4, -0.2) is 22.6 Å². The van der Waals surface area contributed by atoms with Crippen molar-refractivity contribution in [2.45, 2.75) is 32.9 Å². The third kappa shape index (κ3) is 4.31. The number of carbonyl (C=O) groups is 1. The lowest BCUT2D eigenvalue weighted by Crippen LogP contribution is -2.13. The zero-order chi connectivity index (χ0) is 21.6. The lowest BCUT2D eigenvalue weighted by atomic mass is 10.00. The van der Waals surface area contributed by atoms with Crippen LogP contribution in [0.2, 0.25) is 0 Å². The maximum Gasteiger partial charge on any atom is 0.340 e. The Balaban J connectivity index is 1.65. The topological polar surface area (TPSA) is 53.4 Å². The van der Waals surface area contributed by atoms with Gasteiger partial charge in [0.25, 0.3) is 0 Å². The zero-order valence-corrected chi connectivity index (χ0v) is 17.9. The van der Waals surface area contributed by atoms with Gasteiger partial charge in [-0.15, -0.1) is 0 Å². The molecule has 0 radical (unpaired) electrons. The summed E-state index contributed by atoms with van der Waals surface area (Å²) in [5, 5.41) is 0. The maximum atomic E-state index is 13.1. The molecule has 0 aliphatic carbocycles. The summed E-state index contributed by atoms with van der Waals surface area (Å²) in [7, 11) is 1.64. The molecule has 0 unspecified atom stereocenters. The van der Waals surface area contributed by atoms with Gasteiger partial charge in [-0.05, 0) is 35.7 Å². The van der Waals surface area contributed by atoms with Crippen molar-refractivity contribution in [3.63, 3.8) is 0 Å². The molecule has 0 amide bonds. The number of hydrogen-bond acceptors (Lipinski definition) is 4. The van der Waals surface area contributed by atoms with E-state index in [-0.39, 0.29) is 12.7 Å². The Labute approximate surface area is 182 Å². The Kier molecular flexibility index (Phi) is 6.32. The molecule has 0 fully saturated rings. The van der Waals surface area contributed by atoms with Gasteiger partial charge in [0.15, 0.2) is 6.73 Å². The molecule has 5 heteroatoms. The van der Waals surface area contributed by atoms with E-state index in [1.165, 1.54) is 0 Å². The fraction of sp³-hybridized carbons (Fsp3) is 0.231. The predicted octanol–water partition coefficient (Wildman–Crippen LogP) is 5.87. The van der Waals surface area contributed by atoms with Crippen molar-refractivity contribution in [3.8, 4) is 16.9 Å². The molecule has 0 bridgehead atoms. The van der Waals surface area contributed by atoms with E-state index >= 15 is 0 Å². The summed E-state index contributed by atoms with van der Waals surface area (Å²) in [5.41, 5.74) is 4.06. The second kappa shape index (κ2) is 9.47. The van der Waals surface area contributed by atoms with Gasteiger partial charge in [-0.3, -0.25) is 4.57 Å². The van der Waals surface area contributed by atoms with E-state index in [0.29, 0.717) is 11.3 Å². The van der Waals surface area contributed by atoms with Crippen LogP contribution in [0.5, 0.6) is 5.75 Å². The van der Waals surface area contributed by atoms with Crippen molar-refractivity contribution in [3.05, 3.63) is 84.2 Å². The van der Waals surface area contributed by atoms with Crippen LogP contribution >= 0.6 is 0 Å². The van der Waals surface area contributed by atoms with E-state index in [0.717, 1.165) is 47.2 Å². The number of ether oxygens (including phenoxy) is 2. The number of hydrogen-bond donors (Lipinski definition) is 0. The Hall–Kier alpha value is -3.60. The molecule has 4 rings (SSSR count). The van der Waals surface area contributed by atoms with Crippen LogP contribution in [-0.2, 0) is 17.9 Å². The number of para-hydroxylation sites is 1. The SMILES string of the molecule is CCCCc1nc2cccc(OC)c2n1COC(=O)c1ccccc1-c1ccccc1. The minimum Gasteiger partial charge on any atom is -0.494 e. The monoisotopic (exact) mass is 414 g/mol. The Morgan fingerprint density at radius 1 is 0.968 bits per heavy atom. The highest BCUT2D eigenvalue weighted by Gasteiger charge is 2.18. The van der Waals surface area contributed by atoms with E-state index in [4.69, 9.17) is 14.5 Å². The van der Waals surface area contributed by atoms with Crippen LogP contribution in [0, 0.1) is 0 Å². The first-order valence-electron chi connectivity index (χ1n) is 10.6. The Bertz CT molecular complexity index is 1180. The average molecular weight is 415 g/mol. The van der Waals surface area contributed by atoms with Gasteiger partial charge in [0.05, 0.1) is 18.2 Å². The standard InChI is InChI=1S/C26H26N2O3/c1-3-4-17-24-27-22-15-10-16-23(30-2)25(22)28(24)18-31-26(29)21-14-9-8-13-20(21)19-11-6-5-7-12-19/h5-16H,3-4,17-18H2,1-2H3. The number of aryl methyl sites for hydroxylation is 1. The summed E-state index contributed by atoms with van der Waals surface area (Å²) in [6.07, 6.45) is 2.88. The van der Waals surface area contributed by atoms with Gasteiger partial charge in [0.1, 0.15) is 17.1 Å². The van der Waals surface area contributed by atoms with Gasteiger partial charge in [-0.1, -0.05) is 67.9 Å². The third-order valence-electron chi connectivity index (χ3n) is 5.34. The average Bonchev–Trinajstić information content (AvgIpc) is 3.19. The van der Waals surface area contributed by atoms with Crippen LogP contribution in [0.25, 0.3) is 22.2 Å². The first kappa shape index (κ1) is 20.7. The number of unbranched alkanes of at least 4 members (excludes halogenated alkanes) is 1. The van der Waals surface area contributed by atoms with Gasteiger partial charge in [0.2, 0.25) is 0 Å². The predicted molar refractivity (Wildman–Crippen MR) is 122 cm³/mol. The quantitative estimate of drug-likeness (QED) is 0.338. The summed E-state index contributed by atoms with van der Waals surface area (Å²) >= 11 is 0. The van der Waals surface area contributed by atoms with E-state index in [9.17, 15) is 4.79 Å². The summed E-state index contributed by atoms with van der Waals surface area (Å²) in [6, 6.07) is 23.1. The molecule has 1 heterocycles. The number of esters is 1. The summed E-state index contributed by atoms with van der Waals surface area (Å²) in [5.74, 6) is 1.25. The van der Waals surface area contributed by atoms with E-state index in [1.54, 1.807) is 13.2 Å². The first-order valence-corrected chi connectivity index (χ1v) is 10.6. The lowest BCUT2D eigenvalue weighted by Gasteiger charge is -2.13. The maximum absolute atomic E-state index is 13.1. The molecule has 0 aliphatic heterocycles. The molecule has 3 aromatic carbocycles. The fourth-order valence-corrected chi connectivity index (χ4v) is 3.76. The number of carbonyl (C=O) groups excluding carboxylic acids is 1. The molecule has 0 spiro atoms. The second-order valence-electron chi connectivity index (χ2n) is 7.36. The van der Waals surface area contributed by atoms with Crippen molar-refractivity contribution in [2.75, 3.05) is 7.11 Å². The number of methoxy groups -OCH3 is 1. The van der Waals surface area contributed by atoms with Gasteiger partial charge < -0.3 is 9.47 Å². The van der Waals surface area contributed by atoms with E-state index in [1.807, 2.05) is 71.3 Å². The van der Waals surface area contributed by atoms with Crippen molar-refractivity contribution >= 4 is 17.0 Å². The summed E-state index contributed by atoms with van der Waals surface area (Å²) in [4.78, 5) is 17.8. The number of aromatic nitrogens is 2. The van der Waals surface area contributed by atoms with E-state index < -0.39 is 0 Å². The highest BCUT2D eigenvalue weighted by atomic mass is 16.5. The number of benzene rings is 3. The Morgan fingerprint density at radius 3 is 2.52 bits per heavy atom. The molecule has 1 aromatic heterocycles.